The Bertz CT molecular complexity index is 3670. The predicted molar refractivity (Wildman–Crippen MR) is 358 cm³/mol. The van der Waals surface area contributed by atoms with E-state index in [-0.39, 0.29) is 98.8 Å². The number of primary amides is 1. The Morgan fingerprint density at radius 1 is 0.697 bits per heavy atom. The number of nitrogens with one attached hydrogen (secondary N) is 5. The van der Waals surface area contributed by atoms with Crippen LogP contribution in [-0.4, -0.2) is 233 Å². The van der Waals surface area contributed by atoms with E-state index in [0.29, 0.717) is 86.0 Å². The Balaban J connectivity index is 0.736. The van der Waals surface area contributed by atoms with Gasteiger partial charge < -0.3 is 91.6 Å². The molecule has 9 rings (SSSR count). The average Bonchev–Trinajstić information content (AvgIpc) is 1.58. The van der Waals surface area contributed by atoms with E-state index in [2.05, 4.69) is 39.7 Å². The number of hydrogen-bond donors (Lipinski definition) is 10. The Hall–Kier alpha value is -10.2. The number of nitrogens with two attached hydrogens (primary N) is 1. The summed E-state index contributed by atoms with van der Waals surface area (Å²) in [7, 11) is 0. The third-order valence-electron chi connectivity index (χ3n) is 18.6. The van der Waals surface area contributed by atoms with Crippen molar-refractivity contribution >= 4 is 94.0 Å². The summed E-state index contributed by atoms with van der Waals surface area (Å²) >= 11 is 5.64. The van der Waals surface area contributed by atoms with Crippen LogP contribution in [0.25, 0.3) is 0 Å². The smallest absolute Gasteiger partial charge is 0.340 e. The standard InChI is InChI=1S/C68H84N12O18S/c1-5-27-75(36-54(84)73-47(59(69)89)24-25-57(87)88)64(94)50-15-11-32-80(50)65(95)51-16-12-31-79(51)62(92)38(3)71-61(91)58(39(4)81)74-60(90)48-13-9-29-77(48)56(86)37-76(28-6-2)63(93)49-14-10-30-78(49)55(85)17-7-8-26-70-67(99)72-40-18-21-43-46(33-40)68(98-66(43)96)44-22-19-41(82)34-52(44)97-53-35-42(83)20-23-45(53)68/h5-6,18-23,33-35,38-39,47-51,58,81-83H,1-2,7-17,24-32,36-37H2,3-4H3,(H2,69,89)(H,71,91)(H,73,84)(H,74,90)(H,87,88)(H2,70,72,99)/t38-,39+,47-,48-,49-,50-,51-,58-/m0/s1. The van der Waals surface area contributed by atoms with Crippen LogP contribution < -0.4 is 37.1 Å². The maximum absolute atomic E-state index is 14.3. The molecular weight excluding hydrogens is 1300 g/mol. The lowest BCUT2D eigenvalue weighted by molar-refractivity contribution is -0.150. The third-order valence-corrected chi connectivity index (χ3v) is 18.9. The normalized spacial score (nSPS) is 19.7. The Morgan fingerprint density at radius 2 is 1.26 bits per heavy atom. The van der Waals surface area contributed by atoms with Crippen molar-refractivity contribution < 1.29 is 87.4 Å². The fourth-order valence-corrected chi connectivity index (χ4v) is 14.0. The molecule has 0 aromatic heterocycles. The minimum absolute atomic E-state index is 0.0512. The van der Waals surface area contributed by atoms with Crippen LogP contribution in [0.4, 0.5) is 5.69 Å². The topological polar surface area (TPSA) is 410 Å². The molecule has 1 spiro atoms. The van der Waals surface area contributed by atoms with Gasteiger partial charge in [-0.25, -0.2) is 4.79 Å². The fraction of sp³-hybridized carbons (Fsp3) is 0.485. The summed E-state index contributed by atoms with van der Waals surface area (Å²) in [6.07, 6.45) is 4.38. The van der Waals surface area contributed by atoms with Crippen LogP contribution in [0.5, 0.6) is 23.0 Å². The SMILES string of the molecule is C=CCN(CC(=O)N1CCC[C@H]1C(=O)N[C@H](C(=O)N[C@@H](C)C(=O)N1CCC[C@H]1C(=O)N1CCC[C@H]1C(=O)N(CC=C)CC(=O)N[C@@H](CCC(=O)O)C(N)=O)[C@@H](C)O)C(=O)[C@@H]1CCCN1C(=O)CCCCNC(=S)Nc1ccc2c(c1)C1(OC2=O)c2ccc(O)cc2Oc2cc(O)ccc21. The number of aliphatic carboxylic acids is 1. The number of aliphatic hydroxyl groups excluding tert-OH is 1. The molecule has 30 nitrogen and oxygen atoms in total. The van der Waals surface area contributed by atoms with Gasteiger partial charge in [0.05, 0.1) is 18.2 Å². The molecule has 530 valence electrons. The molecule has 0 saturated carbocycles. The summed E-state index contributed by atoms with van der Waals surface area (Å²) in [5.41, 5.74) is 6.12. The number of aliphatic hydroxyl groups is 1. The van der Waals surface area contributed by atoms with Crippen LogP contribution in [0.1, 0.15) is 124 Å². The van der Waals surface area contributed by atoms with E-state index < -0.39 is 139 Å². The molecule has 0 bridgehead atoms. The molecular formula is C68H84N12O18S. The highest BCUT2D eigenvalue weighted by atomic mass is 32.1. The number of phenols is 2. The number of carbonyl (C=O) groups is 12. The van der Waals surface area contributed by atoms with Crippen molar-refractivity contribution in [1.29, 1.82) is 0 Å². The largest absolute Gasteiger partial charge is 0.508 e. The number of amides is 10. The Morgan fingerprint density at radius 3 is 1.86 bits per heavy atom. The van der Waals surface area contributed by atoms with Crippen molar-refractivity contribution in [3.05, 3.63) is 102 Å². The zero-order valence-corrected chi connectivity index (χ0v) is 55.9. The van der Waals surface area contributed by atoms with Crippen molar-refractivity contribution in [2.24, 2.45) is 5.73 Å². The molecule has 3 aromatic carbocycles. The van der Waals surface area contributed by atoms with Gasteiger partial charge >= 0.3 is 11.9 Å². The monoisotopic (exact) mass is 1390 g/mol. The number of rotatable bonds is 28. The number of phenolic OH excluding ortho intramolecular Hbond substituents is 2. The first-order chi connectivity index (χ1) is 47.3. The van der Waals surface area contributed by atoms with Gasteiger partial charge in [-0.15, -0.1) is 13.2 Å². The molecule has 0 unspecified atom stereocenters. The van der Waals surface area contributed by atoms with Gasteiger partial charge in [-0.05, 0) is 139 Å². The van der Waals surface area contributed by atoms with Crippen molar-refractivity contribution in [3.63, 3.8) is 0 Å². The second-order valence-corrected chi connectivity index (χ2v) is 25.8. The molecule has 0 aliphatic carbocycles. The highest BCUT2D eigenvalue weighted by Gasteiger charge is 2.54. The van der Waals surface area contributed by atoms with E-state index in [0.717, 1.165) is 4.90 Å². The molecule has 31 heteroatoms. The molecule has 6 aliphatic rings. The lowest BCUT2D eigenvalue weighted by atomic mass is 9.77. The van der Waals surface area contributed by atoms with Crippen molar-refractivity contribution in [2.45, 2.75) is 151 Å². The van der Waals surface area contributed by atoms with Gasteiger partial charge in [-0.3, -0.25) is 52.7 Å². The molecule has 8 atom stereocenters. The first kappa shape index (κ1) is 73.1. The van der Waals surface area contributed by atoms with E-state index in [4.69, 9.17) is 32.5 Å². The van der Waals surface area contributed by atoms with Crippen LogP contribution in [0.2, 0.25) is 0 Å². The summed E-state index contributed by atoms with van der Waals surface area (Å²) < 4.78 is 12.2. The molecule has 10 amide bonds. The number of likely N-dealkylation sites (tertiary alicyclic amines) is 4. The number of ether oxygens (including phenoxy) is 2. The fourth-order valence-electron chi connectivity index (χ4n) is 13.8. The van der Waals surface area contributed by atoms with Gasteiger partial charge in [0, 0.05) is 93.2 Å². The second kappa shape index (κ2) is 32.0. The highest BCUT2D eigenvalue weighted by molar-refractivity contribution is 7.80. The highest BCUT2D eigenvalue weighted by Crippen LogP contribution is 2.57. The molecule has 3 aromatic rings. The molecule has 11 N–H and O–H groups in total. The van der Waals surface area contributed by atoms with Crippen molar-refractivity contribution in [2.75, 3.05) is 64.2 Å². The zero-order chi connectivity index (χ0) is 71.6. The van der Waals surface area contributed by atoms with Gasteiger partial charge in [0.1, 0.15) is 71.8 Å². The number of thiocarbonyl (C=S) groups is 1. The maximum atomic E-state index is 14.3. The minimum atomic E-state index is -1.62. The molecule has 6 aliphatic heterocycles. The van der Waals surface area contributed by atoms with E-state index in [1.807, 2.05) is 0 Å². The lowest BCUT2D eigenvalue weighted by Crippen LogP contribution is -2.60. The van der Waals surface area contributed by atoms with E-state index in [1.165, 1.54) is 74.8 Å². The predicted octanol–water partition coefficient (Wildman–Crippen LogP) is 1.32. The number of nitrogens with zero attached hydrogens (tertiary/aromatic N) is 6. The van der Waals surface area contributed by atoms with Crippen LogP contribution in [0.15, 0.2) is 79.9 Å². The third kappa shape index (κ3) is 16.4. The summed E-state index contributed by atoms with van der Waals surface area (Å²) in [6.45, 7) is 9.98. The lowest BCUT2D eigenvalue weighted by Gasteiger charge is -2.36. The number of unbranched alkanes of at least 4 members (excludes halogenated alkanes) is 1. The number of anilines is 1. The number of esters is 1. The molecule has 6 heterocycles. The first-order valence-electron chi connectivity index (χ1n) is 33.1. The number of benzene rings is 3. The number of carboxylic acids is 1. The Labute approximate surface area is 576 Å². The summed E-state index contributed by atoms with van der Waals surface area (Å²) in [5.74, 6) is -8.05. The summed E-state index contributed by atoms with van der Waals surface area (Å²) in [6, 6.07) is 5.73. The van der Waals surface area contributed by atoms with Crippen molar-refractivity contribution in [1.82, 2.24) is 50.7 Å². The molecule has 4 saturated heterocycles. The van der Waals surface area contributed by atoms with E-state index >= 15 is 0 Å². The number of fused-ring (bicyclic) bond motifs is 6. The number of carboxylic acid groups (broad SMARTS) is 1. The maximum Gasteiger partial charge on any atom is 0.340 e. The van der Waals surface area contributed by atoms with Crippen LogP contribution in [0.3, 0.4) is 0 Å². The first-order valence-corrected chi connectivity index (χ1v) is 33.5. The van der Waals surface area contributed by atoms with Gasteiger partial charge in [-0.2, -0.15) is 0 Å². The van der Waals surface area contributed by atoms with Crippen molar-refractivity contribution in [3.8, 4) is 23.0 Å². The molecule has 99 heavy (non-hydrogen) atoms. The Kier molecular flexibility index (Phi) is 23.6. The number of hydrogen-bond acceptors (Lipinski definition) is 18. The summed E-state index contributed by atoms with van der Waals surface area (Å²) in [4.78, 5) is 170. The average molecular weight is 1390 g/mol. The van der Waals surface area contributed by atoms with Crippen LogP contribution in [-0.2, 0) is 63.1 Å². The molecule has 0 radical (unpaired) electrons. The number of carbonyl (C=O) groups excluding carboxylic acids is 11. The van der Waals surface area contributed by atoms with Gasteiger partial charge in [-0.1, -0.05) is 12.2 Å². The number of aromatic hydroxyl groups is 2. The zero-order valence-electron chi connectivity index (χ0n) is 55.1. The quantitative estimate of drug-likeness (QED) is 0.0212. The van der Waals surface area contributed by atoms with E-state index in [1.54, 1.807) is 30.3 Å². The van der Waals surface area contributed by atoms with E-state index in [9.17, 15) is 72.9 Å². The summed E-state index contributed by atoms with van der Waals surface area (Å²) in [5, 5.41) is 54.6. The molecule has 4 fully saturated rings. The minimum Gasteiger partial charge on any atom is -0.508 e. The van der Waals surface area contributed by atoms with Crippen LogP contribution >= 0.6 is 12.2 Å². The van der Waals surface area contributed by atoms with Gasteiger partial charge in [0.2, 0.25) is 59.1 Å². The second-order valence-electron chi connectivity index (χ2n) is 25.4. The van der Waals surface area contributed by atoms with Gasteiger partial charge in [0.15, 0.2) is 10.7 Å². The van der Waals surface area contributed by atoms with Gasteiger partial charge in [0.25, 0.3) is 0 Å². The van der Waals surface area contributed by atoms with Crippen LogP contribution in [0, 0.1) is 0 Å².